The van der Waals surface area contributed by atoms with Crippen LogP contribution >= 0.6 is 0 Å². The molecule has 0 saturated carbocycles. The van der Waals surface area contributed by atoms with Crippen molar-refractivity contribution in [3.63, 3.8) is 0 Å². The molecule has 1 saturated heterocycles. The molecule has 164 valence electrons. The average molecular weight is 402 g/mol. The van der Waals surface area contributed by atoms with Crippen LogP contribution in [0.3, 0.4) is 0 Å². The van der Waals surface area contributed by atoms with Gasteiger partial charge in [-0.15, -0.1) is 0 Å². The fraction of sp³-hybridized carbons (Fsp3) is 0.708. The molecule has 1 aromatic rings. The third-order valence-electron chi connectivity index (χ3n) is 5.86. The van der Waals surface area contributed by atoms with Gasteiger partial charge in [0.05, 0.1) is 6.54 Å². The quantitative estimate of drug-likeness (QED) is 0.463. The second kappa shape index (κ2) is 11.6. The van der Waals surface area contributed by atoms with E-state index >= 15 is 0 Å². The summed E-state index contributed by atoms with van der Waals surface area (Å²) in [5.74, 6) is 1.81. The number of hydrogen-bond acceptors (Lipinski definition) is 3. The van der Waals surface area contributed by atoms with Crippen LogP contribution < -0.4 is 10.6 Å². The van der Waals surface area contributed by atoms with Crippen molar-refractivity contribution in [3.05, 3.63) is 35.9 Å². The first-order chi connectivity index (χ1) is 13.9. The van der Waals surface area contributed by atoms with Crippen LogP contribution in [0.5, 0.6) is 0 Å². The zero-order chi connectivity index (χ0) is 21.3. The molecule has 1 aliphatic heterocycles. The molecule has 0 bridgehead atoms. The Morgan fingerprint density at radius 3 is 2.52 bits per heavy atom. The lowest BCUT2D eigenvalue weighted by molar-refractivity contribution is 0.255. The van der Waals surface area contributed by atoms with Gasteiger partial charge < -0.3 is 20.4 Å². The van der Waals surface area contributed by atoms with Crippen LogP contribution in [-0.4, -0.2) is 67.1 Å². The molecule has 2 N–H and O–H groups in total. The maximum absolute atomic E-state index is 5.02. The Morgan fingerprint density at radius 1 is 1.21 bits per heavy atom. The summed E-state index contributed by atoms with van der Waals surface area (Å²) in [6.45, 7) is 20.7. The molecule has 0 spiro atoms. The second-order valence-corrected chi connectivity index (χ2v) is 8.92. The van der Waals surface area contributed by atoms with Gasteiger partial charge in [0, 0.05) is 37.8 Å². The number of hydrogen-bond donors (Lipinski definition) is 2. The lowest BCUT2D eigenvalue weighted by atomic mass is 10.0. The molecule has 2 atom stereocenters. The van der Waals surface area contributed by atoms with Gasteiger partial charge in [-0.25, -0.2) is 0 Å². The van der Waals surface area contributed by atoms with Gasteiger partial charge in [-0.2, -0.15) is 0 Å². The molecule has 0 radical (unpaired) electrons. The van der Waals surface area contributed by atoms with Crippen molar-refractivity contribution in [1.82, 2.24) is 20.4 Å². The highest BCUT2D eigenvalue weighted by Crippen LogP contribution is 2.19. The lowest BCUT2D eigenvalue weighted by Gasteiger charge is -2.30. The topological polar surface area (TPSA) is 42.9 Å². The first kappa shape index (κ1) is 23.7. The van der Waals surface area contributed by atoms with Gasteiger partial charge in [-0.3, -0.25) is 4.99 Å². The smallest absolute Gasteiger partial charge is 0.193 e. The number of rotatable bonds is 10. The molecular weight excluding hydrogens is 358 g/mol. The number of nitrogens with zero attached hydrogens (tertiary/aromatic N) is 3. The predicted molar refractivity (Wildman–Crippen MR) is 126 cm³/mol. The molecule has 29 heavy (non-hydrogen) atoms. The van der Waals surface area contributed by atoms with E-state index < -0.39 is 0 Å². The summed E-state index contributed by atoms with van der Waals surface area (Å²) in [7, 11) is 0. The summed E-state index contributed by atoms with van der Waals surface area (Å²) >= 11 is 0. The molecule has 0 aliphatic carbocycles. The van der Waals surface area contributed by atoms with Crippen molar-refractivity contribution in [2.75, 3.05) is 45.8 Å². The van der Waals surface area contributed by atoms with Crippen LogP contribution in [0, 0.1) is 5.92 Å². The first-order valence-electron chi connectivity index (χ1n) is 11.5. The third kappa shape index (κ3) is 7.63. The monoisotopic (exact) mass is 401 g/mol. The largest absolute Gasteiger partial charge is 0.357 e. The van der Waals surface area contributed by atoms with E-state index in [2.05, 4.69) is 92.3 Å². The Labute approximate surface area is 179 Å². The molecule has 1 aromatic carbocycles. The minimum absolute atomic E-state index is 0.0731. The maximum Gasteiger partial charge on any atom is 0.193 e. The van der Waals surface area contributed by atoms with E-state index in [0.717, 1.165) is 51.1 Å². The Morgan fingerprint density at radius 2 is 1.90 bits per heavy atom. The zero-order valence-corrected chi connectivity index (χ0v) is 19.5. The van der Waals surface area contributed by atoms with Crippen LogP contribution in [-0.2, 0) is 0 Å². The minimum Gasteiger partial charge on any atom is -0.357 e. The van der Waals surface area contributed by atoms with Crippen molar-refractivity contribution in [3.8, 4) is 0 Å². The highest BCUT2D eigenvalue weighted by molar-refractivity contribution is 5.80. The predicted octanol–water partition coefficient (Wildman–Crippen LogP) is 3.75. The third-order valence-corrected chi connectivity index (χ3v) is 5.86. The van der Waals surface area contributed by atoms with Crippen LogP contribution in [0.15, 0.2) is 35.3 Å². The summed E-state index contributed by atoms with van der Waals surface area (Å²) in [4.78, 5) is 10.0. The summed E-state index contributed by atoms with van der Waals surface area (Å²) in [5.41, 5.74) is 1.24. The van der Waals surface area contributed by atoms with E-state index in [1.807, 2.05) is 0 Å². The van der Waals surface area contributed by atoms with Gasteiger partial charge in [0.2, 0.25) is 0 Å². The van der Waals surface area contributed by atoms with Crippen molar-refractivity contribution in [1.29, 1.82) is 0 Å². The fourth-order valence-electron chi connectivity index (χ4n) is 4.18. The number of aliphatic imine (C=N–C) groups is 1. The van der Waals surface area contributed by atoms with E-state index in [1.54, 1.807) is 0 Å². The van der Waals surface area contributed by atoms with Crippen molar-refractivity contribution >= 4 is 5.96 Å². The average Bonchev–Trinajstić information content (AvgIpc) is 3.18. The van der Waals surface area contributed by atoms with E-state index in [1.165, 1.54) is 18.5 Å². The summed E-state index contributed by atoms with van der Waals surface area (Å²) < 4.78 is 0. The van der Waals surface area contributed by atoms with Crippen molar-refractivity contribution in [2.24, 2.45) is 10.9 Å². The molecule has 2 unspecified atom stereocenters. The molecule has 1 aliphatic rings. The molecule has 0 aromatic heterocycles. The highest BCUT2D eigenvalue weighted by Gasteiger charge is 2.27. The van der Waals surface area contributed by atoms with Gasteiger partial charge >= 0.3 is 0 Å². The van der Waals surface area contributed by atoms with Crippen LogP contribution in [0.2, 0.25) is 0 Å². The van der Waals surface area contributed by atoms with Gasteiger partial charge in [-0.1, -0.05) is 44.2 Å². The molecule has 1 fully saturated rings. The van der Waals surface area contributed by atoms with Gasteiger partial charge in [0.25, 0.3) is 0 Å². The zero-order valence-electron chi connectivity index (χ0n) is 19.5. The molecule has 5 nitrogen and oxygen atoms in total. The van der Waals surface area contributed by atoms with Crippen LogP contribution in [0.4, 0.5) is 0 Å². The molecule has 0 amide bonds. The summed E-state index contributed by atoms with van der Waals surface area (Å²) in [6.07, 6.45) is 1.26. The van der Waals surface area contributed by atoms with Crippen LogP contribution in [0.1, 0.15) is 59.6 Å². The number of likely N-dealkylation sites (tertiary alicyclic amines) is 1. The first-order valence-corrected chi connectivity index (χ1v) is 11.5. The van der Waals surface area contributed by atoms with E-state index in [4.69, 9.17) is 4.99 Å². The number of nitrogens with one attached hydrogen (secondary N) is 2. The number of guanidine groups is 1. The van der Waals surface area contributed by atoms with Crippen LogP contribution in [0.25, 0.3) is 0 Å². The minimum atomic E-state index is -0.0731. The molecular formula is C24H43N5. The van der Waals surface area contributed by atoms with Crippen molar-refractivity contribution in [2.45, 2.75) is 59.5 Å². The van der Waals surface area contributed by atoms with Gasteiger partial charge in [-0.05, 0) is 58.7 Å². The van der Waals surface area contributed by atoms with E-state index in [9.17, 15) is 0 Å². The highest BCUT2D eigenvalue weighted by atomic mass is 15.3. The number of benzene rings is 1. The lowest BCUT2D eigenvalue weighted by Crippen LogP contribution is -2.46. The maximum atomic E-state index is 5.02. The standard InChI is InChI=1S/C24H43N5/c1-7-25-23(29-16-15-21(18-29)17-28(8-2)9-3)26-19-24(5,6)27-20(4)22-13-11-10-12-14-22/h10-14,20-21,27H,7-9,15-19H2,1-6H3,(H,25,26). The van der Waals surface area contributed by atoms with Crippen molar-refractivity contribution < 1.29 is 0 Å². The molecule has 5 heteroatoms. The Balaban J connectivity index is 1.95. The van der Waals surface area contributed by atoms with E-state index in [-0.39, 0.29) is 5.54 Å². The van der Waals surface area contributed by atoms with Gasteiger partial charge in [0.15, 0.2) is 5.96 Å². The Bertz CT molecular complexity index is 609. The second-order valence-electron chi connectivity index (χ2n) is 8.92. The van der Waals surface area contributed by atoms with E-state index in [0.29, 0.717) is 6.04 Å². The molecule has 1 heterocycles. The fourth-order valence-corrected chi connectivity index (χ4v) is 4.18. The summed E-state index contributed by atoms with van der Waals surface area (Å²) in [5, 5.41) is 7.27. The normalized spacial score (nSPS) is 19.1. The Hall–Kier alpha value is -1.59. The molecule has 2 rings (SSSR count). The SMILES string of the molecule is CCNC(=NCC(C)(C)NC(C)c1ccccc1)N1CCC(CN(CC)CC)C1. The summed E-state index contributed by atoms with van der Waals surface area (Å²) in [6, 6.07) is 10.9. The Kier molecular flexibility index (Phi) is 9.44. The van der Waals surface area contributed by atoms with Gasteiger partial charge in [0.1, 0.15) is 0 Å².